The molecule has 7 nitrogen and oxygen atoms in total. The minimum absolute atomic E-state index is 0.204. The van der Waals surface area contributed by atoms with Crippen LogP contribution in [0.2, 0.25) is 0 Å². The monoisotopic (exact) mass is 343 g/mol. The van der Waals surface area contributed by atoms with E-state index < -0.39 is 11.9 Å². The zero-order chi connectivity index (χ0) is 17.8. The number of fused-ring (bicyclic) bond motifs is 1. The van der Waals surface area contributed by atoms with Crippen molar-refractivity contribution < 1.29 is 14.7 Å². The van der Waals surface area contributed by atoms with Crippen molar-refractivity contribution in [3.63, 3.8) is 0 Å². The van der Waals surface area contributed by atoms with Gasteiger partial charge in [0.2, 0.25) is 5.91 Å². The van der Waals surface area contributed by atoms with Crippen LogP contribution >= 0.6 is 0 Å². The van der Waals surface area contributed by atoms with Gasteiger partial charge in [-0.15, -0.1) is 0 Å². The molecule has 0 saturated carbocycles. The SMILES string of the molecule is O=C1CCC(n2ncc3cc(CCCCCO)ccc3c2=O)C(=O)N1. The second-order valence-corrected chi connectivity index (χ2v) is 6.32. The van der Waals surface area contributed by atoms with Crippen LogP contribution in [0.1, 0.15) is 43.7 Å². The molecule has 3 rings (SSSR count). The molecule has 132 valence electrons. The van der Waals surface area contributed by atoms with Gasteiger partial charge in [-0.3, -0.25) is 19.7 Å². The first-order valence-corrected chi connectivity index (χ1v) is 8.55. The van der Waals surface area contributed by atoms with E-state index in [0.717, 1.165) is 36.6 Å². The summed E-state index contributed by atoms with van der Waals surface area (Å²) < 4.78 is 1.17. The van der Waals surface area contributed by atoms with E-state index in [9.17, 15) is 14.4 Å². The number of aromatic nitrogens is 2. The van der Waals surface area contributed by atoms with Gasteiger partial charge >= 0.3 is 0 Å². The van der Waals surface area contributed by atoms with Crippen molar-refractivity contribution in [2.75, 3.05) is 6.61 Å². The number of aryl methyl sites for hydroxylation is 1. The molecule has 1 aromatic carbocycles. The minimum atomic E-state index is -0.743. The Labute approximate surface area is 144 Å². The van der Waals surface area contributed by atoms with E-state index in [-0.39, 0.29) is 30.9 Å². The fourth-order valence-corrected chi connectivity index (χ4v) is 3.12. The Morgan fingerprint density at radius 2 is 2.04 bits per heavy atom. The van der Waals surface area contributed by atoms with E-state index in [1.807, 2.05) is 12.1 Å². The molecule has 25 heavy (non-hydrogen) atoms. The van der Waals surface area contributed by atoms with Crippen molar-refractivity contribution in [2.24, 2.45) is 0 Å². The molecule has 2 amide bonds. The van der Waals surface area contributed by atoms with Crippen molar-refractivity contribution in [3.05, 3.63) is 40.3 Å². The van der Waals surface area contributed by atoms with Crippen LogP contribution in [0.5, 0.6) is 0 Å². The van der Waals surface area contributed by atoms with Gasteiger partial charge in [0.25, 0.3) is 11.5 Å². The summed E-state index contributed by atoms with van der Waals surface area (Å²) in [6, 6.07) is 4.88. The largest absolute Gasteiger partial charge is 0.396 e. The molecule has 1 aliphatic heterocycles. The maximum atomic E-state index is 12.7. The van der Waals surface area contributed by atoms with Crippen LogP contribution in [-0.4, -0.2) is 33.3 Å². The number of carbonyl (C=O) groups excluding carboxylic acids is 2. The van der Waals surface area contributed by atoms with Gasteiger partial charge in [0.1, 0.15) is 6.04 Å². The summed E-state index contributed by atoms with van der Waals surface area (Å²) in [4.78, 5) is 35.9. The Morgan fingerprint density at radius 3 is 2.80 bits per heavy atom. The fraction of sp³-hybridized carbons (Fsp3) is 0.444. The number of benzene rings is 1. The molecule has 1 aliphatic rings. The number of unbranched alkanes of at least 4 members (excludes halogenated alkanes) is 2. The van der Waals surface area contributed by atoms with E-state index in [1.165, 1.54) is 4.68 Å². The number of aliphatic hydroxyl groups excluding tert-OH is 1. The third-order valence-electron chi connectivity index (χ3n) is 4.50. The Morgan fingerprint density at radius 1 is 1.20 bits per heavy atom. The van der Waals surface area contributed by atoms with Crippen LogP contribution < -0.4 is 10.9 Å². The molecule has 0 aliphatic carbocycles. The van der Waals surface area contributed by atoms with Gasteiger partial charge in [-0.1, -0.05) is 12.5 Å². The average Bonchev–Trinajstić information content (AvgIpc) is 2.60. The summed E-state index contributed by atoms with van der Waals surface area (Å²) in [5, 5.41) is 16.5. The molecular weight excluding hydrogens is 322 g/mol. The quantitative estimate of drug-likeness (QED) is 0.604. The highest BCUT2D eigenvalue weighted by molar-refractivity contribution is 5.99. The first-order valence-electron chi connectivity index (χ1n) is 8.55. The highest BCUT2D eigenvalue weighted by Gasteiger charge is 2.29. The van der Waals surface area contributed by atoms with Crippen molar-refractivity contribution in [1.82, 2.24) is 15.1 Å². The van der Waals surface area contributed by atoms with E-state index >= 15 is 0 Å². The molecule has 2 heterocycles. The van der Waals surface area contributed by atoms with Crippen LogP contribution in [-0.2, 0) is 16.0 Å². The molecule has 0 radical (unpaired) electrons. The number of aliphatic hydroxyl groups is 1. The molecule has 0 bridgehead atoms. The summed E-state index contributed by atoms with van der Waals surface area (Å²) in [5.41, 5.74) is 0.796. The van der Waals surface area contributed by atoms with Gasteiger partial charge in [0, 0.05) is 18.4 Å². The Bertz CT molecular complexity index is 859. The molecule has 1 saturated heterocycles. The molecule has 7 heteroatoms. The zero-order valence-corrected chi connectivity index (χ0v) is 13.9. The highest BCUT2D eigenvalue weighted by atomic mass is 16.3. The average molecular weight is 343 g/mol. The Balaban J connectivity index is 1.84. The minimum Gasteiger partial charge on any atom is -0.396 e. The molecule has 1 atom stereocenters. The third kappa shape index (κ3) is 3.76. The number of imide groups is 1. The maximum Gasteiger partial charge on any atom is 0.275 e. The van der Waals surface area contributed by atoms with Crippen molar-refractivity contribution in [1.29, 1.82) is 0 Å². The summed E-state index contributed by atoms with van der Waals surface area (Å²) in [7, 11) is 0. The predicted molar refractivity (Wildman–Crippen MR) is 92.1 cm³/mol. The molecule has 2 N–H and O–H groups in total. The number of nitrogens with one attached hydrogen (secondary N) is 1. The second-order valence-electron chi connectivity index (χ2n) is 6.32. The lowest BCUT2D eigenvalue weighted by Gasteiger charge is -2.21. The lowest BCUT2D eigenvalue weighted by atomic mass is 10.0. The third-order valence-corrected chi connectivity index (χ3v) is 4.50. The fourth-order valence-electron chi connectivity index (χ4n) is 3.12. The number of rotatable bonds is 6. The number of amides is 2. The molecular formula is C18H21N3O4. The smallest absolute Gasteiger partial charge is 0.275 e. The van der Waals surface area contributed by atoms with Gasteiger partial charge in [-0.25, -0.2) is 4.68 Å². The van der Waals surface area contributed by atoms with Crippen molar-refractivity contribution >= 4 is 22.6 Å². The number of nitrogens with zero attached hydrogens (tertiary/aromatic N) is 2. The van der Waals surface area contributed by atoms with Crippen LogP contribution in [0.3, 0.4) is 0 Å². The van der Waals surface area contributed by atoms with Crippen molar-refractivity contribution in [3.8, 4) is 0 Å². The van der Waals surface area contributed by atoms with E-state index in [0.29, 0.717) is 5.39 Å². The first kappa shape index (κ1) is 17.3. The highest BCUT2D eigenvalue weighted by Crippen LogP contribution is 2.18. The van der Waals surface area contributed by atoms with E-state index in [1.54, 1.807) is 12.3 Å². The number of carbonyl (C=O) groups is 2. The number of piperidine rings is 1. The lowest BCUT2D eigenvalue weighted by molar-refractivity contribution is -0.136. The lowest BCUT2D eigenvalue weighted by Crippen LogP contribution is -2.45. The van der Waals surface area contributed by atoms with Crippen LogP contribution in [0.4, 0.5) is 0 Å². The molecule has 0 spiro atoms. The molecule has 1 aromatic heterocycles. The first-order chi connectivity index (χ1) is 12.1. The van der Waals surface area contributed by atoms with Gasteiger partial charge < -0.3 is 5.11 Å². The van der Waals surface area contributed by atoms with Gasteiger partial charge in [-0.05, 0) is 43.4 Å². The standard InChI is InChI=1S/C18H21N3O4/c22-9-3-1-2-4-12-5-6-14-13(10-12)11-19-21(18(14)25)15-7-8-16(23)20-17(15)24/h5-6,10-11,15,22H,1-4,7-9H2,(H,20,23,24). The molecule has 1 unspecified atom stereocenters. The maximum absolute atomic E-state index is 12.7. The zero-order valence-electron chi connectivity index (χ0n) is 13.9. The number of hydrogen-bond donors (Lipinski definition) is 2. The van der Waals surface area contributed by atoms with Crippen LogP contribution in [0.15, 0.2) is 29.2 Å². The summed E-state index contributed by atoms with van der Waals surface area (Å²) in [6.45, 7) is 0.210. The molecule has 2 aromatic rings. The van der Waals surface area contributed by atoms with Gasteiger partial charge in [-0.2, -0.15) is 5.10 Å². The normalized spacial score (nSPS) is 17.7. The summed E-state index contributed by atoms with van der Waals surface area (Å²) in [5.74, 6) is -0.799. The van der Waals surface area contributed by atoms with E-state index in [2.05, 4.69) is 10.4 Å². The Hall–Kier alpha value is -2.54. The van der Waals surface area contributed by atoms with Crippen LogP contribution in [0.25, 0.3) is 10.8 Å². The summed E-state index contributed by atoms with van der Waals surface area (Å²) >= 11 is 0. The summed E-state index contributed by atoms with van der Waals surface area (Å²) in [6.07, 6.45) is 5.70. The Kier molecular flexibility index (Phi) is 5.23. The van der Waals surface area contributed by atoms with Gasteiger partial charge in [0.05, 0.1) is 11.6 Å². The van der Waals surface area contributed by atoms with E-state index in [4.69, 9.17) is 5.11 Å². The van der Waals surface area contributed by atoms with Gasteiger partial charge in [0.15, 0.2) is 0 Å². The number of hydrogen-bond acceptors (Lipinski definition) is 5. The van der Waals surface area contributed by atoms with Crippen molar-refractivity contribution in [2.45, 2.75) is 44.6 Å². The van der Waals surface area contributed by atoms with Crippen LogP contribution in [0, 0.1) is 0 Å². The second kappa shape index (κ2) is 7.57. The molecule has 1 fully saturated rings. The predicted octanol–water partition coefficient (Wildman–Crippen LogP) is 1.08. The topological polar surface area (TPSA) is 101 Å².